The molecule has 2 saturated heterocycles. The lowest BCUT2D eigenvalue weighted by molar-refractivity contribution is 0.0167. The number of ether oxygens (including phenoxy) is 2. The van der Waals surface area contributed by atoms with Gasteiger partial charge in [0.05, 0.1) is 24.4 Å². The highest BCUT2D eigenvalue weighted by molar-refractivity contribution is 5.74. The zero-order valence-corrected chi connectivity index (χ0v) is 14.3. The highest BCUT2D eigenvalue weighted by Gasteiger charge is 2.32. The number of rotatable bonds is 7. The number of amides is 2. The molecule has 3 heterocycles. The van der Waals surface area contributed by atoms with E-state index < -0.39 is 0 Å². The van der Waals surface area contributed by atoms with E-state index in [1.165, 1.54) is 0 Å². The fraction of sp³-hybridized carbons (Fsp3) is 0.765. The van der Waals surface area contributed by atoms with Gasteiger partial charge < -0.3 is 24.2 Å². The number of carbonyl (C=O) groups excluding carboxylic acids is 1. The third kappa shape index (κ3) is 4.48. The number of urea groups is 1. The Morgan fingerprint density at radius 1 is 1.46 bits per heavy atom. The molecule has 0 aromatic carbocycles. The zero-order valence-electron chi connectivity index (χ0n) is 14.3. The van der Waals surface area contributed by atoms with E-state index in [0.717, 1.165) is 56.7 Å². The van der Waals surface area contributed by atoms with Gasteiger partial charge in [-0.1, -0.05) is 5.16 Å². The van der Waals surface area contributed by atoms with Crippen LogP contribution in [0.3, 0.4) is 0 Å². The molecule has 1 N–H and O–H groups in total. The molecule has 0 aliphatic carbocycles. The van der Waals surface area contributed by atoms with E-state index in [-0.39, 0.29) is 18.2 Å². The SMILES string of the molecule is Cc1cc([C@H]2CCCN2C(=O)NCCCOC[C@H]2CCCO2)on1. The highest BCUT2D eigenvalue weighted by Crippen LogP contribution is 2.32. The first kappa shape index (κ1) is 17.2. The summed E-state index contributed by atoms with van der Waals surface area (Å²) >= 11 is 0. The number of hydrogen-bond acceptors (Lipinski definition) is 5. The van der Waals surface area contributed by atoms with E-state index in [1.807, 2.05) is 17.9 Å². The number of likely N-dealkylation sites (tertiary alicyclic amines) is 1. The molecule has 134 valence electrons. The maximum absolute atomic E-state index is 12.4. The molecule has 7 heteroatoms. The molecule has 0 spiro atoms. The van der Waals surface area contributed by atoms with Gasteiger partial charge >= 0.3 is 6.03 Å². The van der Waals surface area contributed by atoms with E-state index >= 15 is 0 Å². The van der Waals surface area contributed by atoms with Crippen molar-refractivity contribution < 1.29 is 18.8 Å². The summed E-state index contributed by atoms with van der Waals surface area (Å²) < 4.78 is 16.4. The summed E-state index contributed by atoms with van der Waals surface area (Å²) in [6.45, 7) is 5.42. The predicted octanol–water partition coefficient (Wildman–Crippen LogP) is 2.42. The van der Waals surface area contributed by atoms with Gasteiger partial charge in [-0.3, -0.25) is 0 Å². The lowest BCUT2D eigenvalue weighted by Crippen LogP contribution is -2.40. The van der Waals surface area contributed by atoms with E-state index in [1.54, 1.807) is 0 Å². The van der Waals surface area contributed by atoms with Crippen molar-refractivity contribution in [1.82, 2.24) is 15.4 Å². The molecule has 0 unspecified atom stereocenters. The van der Waals surface area contributed by atoms with E-state index in [2.05, 4.69) is 10.5 Å². The van der Waals surface area contributed by atoms with Crippen molar-refractivity contribution in [2.75, 3.05) is 32.9 Å². The first-order valence-corrected chi connectivity index (χ1v) is 8.91. The van der Waals surface area contributed by atoms with Crippen LogP contribution in [-0.2, 0) is 9.47 Å². The number of aryl methyl sites for hydroxylation is 1. The van der Waals surface area contributed by atoms with Crippen molar-refractivity contribution in [2.45, 2.75) is 51.2 Å². The average Bonchev–Trinajstić information content (AvgIpc) is 3.30. The predicted molar refractivity (Wildman–Crippen MR) is 87.7 cm³/mol. The first-order valence-electron chi connectivity index (χ1n) is 8.91. The lowest BCUT2D eigenvalue weighted by Gasteiger charge is -2.23. The van der Waals surface area contributed by atoms with Crippen molar-refractivity contribution in [2.24, 2.45) is 0 Å². The van der Waals surface area contributed by atoms with Gasteiger partial charge in [0, 0.05) is 32.4 Å². The van der Waals surface area contributed by atoms with Crippen LogP contribution in [0.2, 0.25) is 0 Å². The van der Waals surface area contributed by atoms with Gasteiger partial charge in [0.25, 0.3) is 0 Å². The Morgan fingerprint density at radius 3 is 3.12 bits per heavy atom. The number of hydrogen-bond donors (Lipinski definition) is 1. The van der Waals surface area contributed by atoms with Crippen LogP contribution in [0.1, 0.15) is 49.6 Å². The Kier molecular flexibility index (Phi) is 6.09. The second-order valence-corrected chi connectivity index (χ2v) is 6.52. The van der Waals surface area contributed by atoms with Gasteiger partial charge in [-0.2, -0.15) is 0 Å². The molecule has 2 amide bonds. The Morgan fingerprint density at radius 2 is 2.38 bits per heavy atom. The number of aromatic nitrogens is 1. The second kappa shape index (κ2) is 8.48. The van der Waals surface area contributed by atoms with Crippen molar-refractivity contribution in [3.63, 3.8) is 0 Å². The molecular formula is C17H27N3O4. The molecule has 0 bridgehead atoms. The van der Waals surface area contributed by atoms with E-state index in [9.17, 15) is 4.79 Å². The van der Waals surface area contributed by atoms with Gasteiger partial charge in [-0.05, 0) is 39.0 Å². The molecule has 24 heavy (non-hydrogen) atoms. The maximum atomic E-state index is 12.4. The first-order chi connectivity index (χ1) is 11.7. The topological polar surface area (TPSA) is 76.8 Å². The fourth-order valence-electron chi connectivity index (χ4n) is 3.31. The second-order valence-electron chi connectivity index (χ2n) is 6.52. The van der Waals surface area contributed by atoms with Crippen molar-refractivity contribution in [1.29, 1.82) is 0 Å². The van der Waals surface area contributed by atoms with Crippen LogP contribution in [0, 0.1) is 6.92 Å². The molecule has 1 aromatic heterocycles. The quantitative estimate of drug-likeness (QED) is 0.773. The van der Waals surface area contributed by atoms with Crippen LogP contribution < -0.4 is 5.32 Å². The normalized spacial score (nSPS) is 23.8. The standard InChI is InChI=1S/C17H27N3O4/c1-13-11-16(24-19-13)15-6-2-8-20(15)17(21)18-7-4-9-22-12-14-5-3-10-23-14/h11,14-15H,2-10,12H2,1H3,(H,18,21)/t14-,15-/m1/s1. The van der Waals surface area contributed by atoms with E-state index in [0.29, 0.717) is 19.8 Å². The summed E-state index contributed by atoms with van der Waals surface area (Å²) in [7, 11) is 0. The molecule has 1 aromatic rings. The molecule has 2 atom stereocenters. The molecule has 2 fully saturated rings. The number of nitrogens with one attached hydrogen (secondary N) is 1. The van der Waals surface area contributed by atoms with Gasteiger partial charge in [-0.15, -0.1) is 0 Å². The Bertz CT molecular complexity index is 528. The van der Waals surface area contributed by atoms with Gasteiger partial charge in [0.15, 0.2) is 5.76 Å². The Hall–Kier alpha value is -1.60. The van der Waals surface area contributed by atoms with Gasteiger partial charge in [-0.25, -0.2) is 4.79 Å². The van der Waals surface area contributed by atoms with Gasteiger partial charge in [0.2, 0.25) is 0 Å². The minimum Gasteiger partial charge on any atom is -0.379 e. The average molecular weight is 337 g/mol. The minimum atomic E-state index is -0.0364. The molecule has 0 saturated carbocycles. The summed E-state index contributed by atoms with van der Waals surface area (Å²) in [5.41, 5.74) is 0.848. The third-order valence-corrected chi connectivity index (χ3v) is 4.56. The van der Waals surface area contributed by atoms with Crippen molar-refractivity contribution in [3.8, 4) is 0 Å². The Labute approximate surface area is 142 Å². The minimum absolute atomic E-state index is 0.00182. The Balaban J connectivity index is 1.33. The van der Waals surface area contributed by atoms with Crippen LogP contribution in [0.15, 0.2) is 10.6 Å². The highest BCUT2D eigenvalue weighted by atomic mass is 16.5. The number of carbonyl (C=O) groups is 1. The fourth-order valence-corrected chi connectivity index (χ4v) is 3.31. The molecular weight excluding hydrogens is 310 g/mol. The molecule has 2 aliphatic rings. The van der Waals surface area contributed by atoms with Crippen LogP contribution in [-0.4, -0.2) is 55.1 Å². The van der Waals surface area contributed by atoms with Crippen molar-refractivity contribution >= 4 is 6.03 Å². The molecule has 2 aliphatic heterocycles. The van der Waals surface area contributed by atoms with Gasteiger partial charge in [0.1, 0.15) is 0 Å². The van der Waals surface area contributed by atoms with Crippen LogP contribution in [0.25, 0.3) is 0 Å². The van der Waals surface area contributed by atoms with Crippen LogP contribution in [0.4, 0.5) is 4.79 Å². The molecule has 7 nitrogen and oxygen atoms in total. The molecule has 0 radical (unpaired) electrons. The summed E-state index contributed by atoms with van der Waals surface area (Å²) in [6, 6.07) is 1.88. The molecule has 3 rings (SSSR count). The lowest BCUT2D eigenvalue weighted by atomic mass is 10.1. The van der Waals surface area contributed by atoms with Crippen LogP contribution >= 0.6 is 0 Å². The summed E-state index contributed by atoms with van der Waals surface area (Å²) in [6.07, 6.45) is 5.20. The third-order valence-electron chi connectivity index (χ3n) is 4.56. The van der Waals surface area contributed by atoms with Crippen molar-refractivity contribution in [3.05, 3.63) is 17.5 Å². The summed E-state index contributed by atoms with van der Waals surface area (Å²) in [5, 5.41) is 6.90. The monoisotopic (exact) mass is 337 g/mol. The zero-order chi connectivity index (χ0) is 16.8. The maximum Gasteiger partial charge on any atom is 0.318 e. The summed E-state index contributed by atoms with van der Waals surface area (Å²) in [4.78, 5) is 14.2. The number of nitrogens with zero attached hydrogens (tertiary/aromatic N) is 2. The van der Waals surface area contributed by atoms with Crippen LogP contribution in [0.5, 0.6) is 0 Å². The smallest absolute Gasteiger partial charge is 0.318 e. The largest absolute Gasteiger partial charge is 0.379 e. The summed E-state index contributed by atoms with van der Waals surface area (Å²) in [5.74, 6) is 0.778. The van der Waals surface area contributed by atoms with E-state index in [4.69, 9.17) is 14.0 Å².